The molecule has 2 amide bonds. The zero-order valence-electron chi connectivity index (χ0n) is 16.2. The Labute approximate surface area is 171 Å². The molecule has 10 nitrogen and oxygen atoms in total. The topological polar surface area (TPSA) is 128 Å². The summed E-state index contributed by atoms with van der Waals surface area (Å²) in [5, 5.41) is 21.8. The van der Waals surface area contributed by atoms with Crippen LogP contribution in [-0.2, 0) is 16.1 Å². The molecule has 1 aromatic carbocycles. The highest BCUT2D eigenvalue weighted by Crippen LogP contribution is 2.27. The van der Waals surface area contributed by atoms with Gasteiger partial charge in [-0.25, -0.2) is 4.63 Å². The zero-order valence-corrected chi connectivity index (χ0v) is 17.1. The molecule has 1 atom stereocenters. The van der Waals surface area contributed by atoms with E-state index in [1.54, 1.807) is 4.57 Å². The van der Waals surface area contributed by atoms with Crippen LogP contribution in [0.2, 0.25) is 0 Å². The predicted molar refractivity (Wildman–Crippen MR) is 107 cm³/mol. The van der Waals surface area contributed by atoms with Gasteiger partial charge in [-0.05, 0) is 29.7 Å². The molecule has 1 unspecified atom stereocenters. The van der Waals surface area contributed by atoms with Crippen molar-refractivity contribution in [3.05, 3.63) is 35.9 Å². The van der Waals surface area contributed by atoms with Crippen molar-refractivity contribution in [1.82, 2.24) is 30.4 Å². The fourth-order valence-corrected chi connectivity index (χ4v) is 3.49. The third-order valence-electron chi connectivity index (χ3n) is 4.04. The number of aromatic nitrogens is 5. The van der Waals surface area contributed by atoms with E-state index in [2.05, 4.69) is 31.1 Å². The smallest absolute Gasteiger partial charge is 0.230 e. The molecule has 0 fully saturated rings. The Kier molecular flexibility index (Phi) is 6.60. The van der Waals surface area contributed by atoms with Crippen molar-refractivity contribution in [2.75, 3.05) is 11.1 Å². The van der Waals surface area contributed by atoms with Crippen LogP contribution in [0.4, 0.5) is 5.82 Å². The van der Waals surface area contributed by atoms with Gasteiger partial charge in [-0.2, -0.15) is 0 Å². The summed E-state index contributed by atoms with van der Waals surface area (Å²) in [6, 6.07) is 9.65. The number of carbonyl (C=O) groups excluding carboxylic acids is 2. The molecular weight excluding hydrogens is 394 g/mol. The Balaban J connectivity index is 1.67. The first-order valence-electron chi connectivity index (χ1n) is 9.00. The van der Waals surface area contributed by atoms with Gasteiger partial charge in [-0.1, -0.05) is 42.1 Å². The predicted octanol–water partition coefficient (Wildman–Crippen LogP) is 2.28. The van der Waals surface area contributed by atoms with Crippen LogP contribution in [0, 0.1) is 0 Å². The van der Waals surface area contributed by atoms with E-state index in [1.165, 1.54) is 18.7 Å². The van der Waals surface area contributed by atoms with Gasteiger partial charge in [0, 0.05) is 13.5 Å². The van der Waals surface area contributed by atoms with Gasteiger partial charge in [-0.3, -0.25) is 9.59 Å². The summed E-state index contributed by atoms with van der Waals surface area (Å²) < 4.78 is 6.51. The second-order valence-corrected chi connectivity index (χ2v) is 7.12. The molecule has 0 saturated heterocycles. The Hall–Kier alpha value is -3.21. The van der Waals surface area contributed by atoms with Gasteiger partial charge < -0.3 is 15.2 Å². The fourth-order valence-electron chi connectivity index (χ4n) is 2.68. The molecule has 29 heavy (non-hydrogen) atoms. The molecular formula is C18H21N7O3S. The molecule has 0 radical (unpaired) electrons. The second kappa shape index (κ2) is 9.32. The lowest BCUT2D eigenvalue weighted by atomic mass is 10.1. The number of nitrogens with one attached hydrogen (secondary N) is 2. The van der Waals surface area contributed by atoms with Gasteiger partial charge >= 0.3 is 0 Å². The van der Waals surface area contributed by atoms with Crippen molar-refractivity contribution in [2.24, 2.45) is 0 Å². The normalized spacial score (nSPS) is 11.8. The number of anilines is 1. The summed E-state index contributed by atoms with van der Waals surface area (Å²) in [5.41, 5.74) is 1.32. The van der Waals surface area contributed by atoms with Gasteiger partial charge in [-0.15, -0.1) is 10.2 Å². The molecule has 0 aliphatic carbocycles. The number of benzene rings is 1. The summed E-state index contributed by atoms with van der Waals surface area (Å²) in [4.78, 5) is 23.6. The molecule has 3 rings (SSSR count). The summed E-state index contributed by atoms with van der Waals surface area (Å²) >= 11 is 1.27. The van der Waals surface area contributed by atoms with Gasteiger partial charge in [0.2, 0.25) is 17.6 Å². The van der Waals surface area contributed by atoms with E-state index < -0.39 is 0 Å². The molecule has 0 aliphatic heterocycles. The third kappa shape index (κ3) is 4.99. The maximum atomic E-state index is 12.3. The van der Waals surface area contributed by atoms with Crippen LogP contribution in [-0.4, -0.2) is 42.6 Å². The van der Waals surface area contributed by atoms with Crippen LogP contribution in [0.15, 0.2) is 40.1 Å². The van der Waals surface area contributed by atoms with Crippen LogP contribution >= 0.6 is 11.8 Å². The molecule has 0 aliphatic rings. The molecule has 2 aromatic heterocycles. The maximum absolute atomic E-state index is 12.3. The molecule has 0 saturated carbocycles. The van der Waals surface area contributed by atoms with Crippen molar-refractivity contribution in [3.63, 3.8) is 0 Å². The third-order valence-corrected chi connectivity index (χ3v) is 5.00. The van der Waals surface area contributed by atoms with Gasteiger partial charge in [0.15, 0.2) is 16.7 Å². The first-order chi connectivity index (χ1) is 14.0. The molecule has 11 heteroatoms. The Bertz CT molecular complexity index is 987. The lowest BCUT2D eigenvalue weighted by Gasteiger charge is -2.14. The molecule has 0 spiro atoms. The quantitative estimate of drug-likeness (QED) is 0.536. The van der Waals surface area contributed by atoms with Crippen LogP contribution in [0.3, 0.4) is 0 Å². The average Bonchev–Trinajstić information content (AvgIpc) is 3.32. The summed E-state index contributed by atoms with van der Waals surface area (Å²) in [6.45, 7) is 5.75. The van der Waals surface area contributed by atoms with Crippen molar-refractivity contribution >= 4 is 29.4 Å². The van der Waals surface area contributed by atoms with E-state index >= 15 is 0 Å². The minimum Gasteiger partial charge on any atom is -0.349 e. The van der Waals surface area contributed by atoms with Crippen LogP contribution in [0.5, 0.6) is 0 Å². The molecule has 2 heterocycles. The van der Waals surface area contributed by atoms with Crippen molar-refractivity contribution in [2.45, 2.75) is 38.5 Å². The number of rotatable bonds is 8. The van der Waals surface area contributed by atoms with E-state index in [4.69, 9.17) is 4.63 Å². The van der Waals surface area contributed by atoms with E-state index in [-0.39, 0.29) is 35.1 Å². The number of thioether (sulfide) groups is 1. The van der Waals surface area contributed by atoms with E-state index in [0.717, 1.165) is 5.56 Å². The van der Waals surface area contributed by atoms with Crippen LogP contribution < -0.4 is 10.6 Å². The average molecular weight is 415 g/mol. The number of carbonyl (C=O) groups is 2. The highest BCUT2D eigenvalue weighted by Gasteiger charge is 2.22. The lowest BCUT2D eigenvalue weighted by Crippen LogP contribution is -2.28. The fraction of sp³-hybridized carbons (Fsp3) is 0.333. The van der Waals surface area contributed by atoms with Crippen LogP contribution in [0.1, 0.15) is 32.4 Å². The van der Waals surface area contributed by atoms with E-state index in [9.17, 15) is 9.59 Å². The Morgan fingerprint density at radius 1 is 1.21 bits per heavy atom. The van der Waals surface area contributed by atoms with Crippen molar-refractivity contribution < 1.29 is 14.2 Å². The van der Waals surface area contributed by atoms with Gasteiger partial charge in [0.05, 0.1) is 11.8 Å². The number of hydrogen-bond donors (Lipinski definition) is 2. The van der Waals surface area contributed by atoms with Gasteiger partial charge in [0.1, 0.15) is 0 Å². The first kappa shape index (κ1) is 20.5. The second-order valence-electron chi connectivity index (χ2n) is 6.18. The number of nitrogens with zero attached hydrogens (tertiary/aromatic N) is 5. The molecule has 152 valence electrons. The number of hydrogen-bond acceptors (Lipinski definition) is 8. The zero-order chi connectivity index (χ0) is 20.8. The standard InChI is InChI=1S/C18H21N7O3S/c1-4-25-17(15-16(20-12(3)26)24-28-23-15)21-22-18(25)29-10-14(27)19-11(2)13-8-6-5-7-9-13/h5-9,11H,4,10H2,1-3H3,(H,19,27)(H,20,24,26). The van der Waals surface area contributed by atoms with Gasteiger partial charge in [0.25, 0.3) is 0 Å². The summed E-state index contributed by atoms with van der Waals surface area (Å²) in [5.74, 6) is 0.345. The first-order valence-corrected chi connectivity index (χ1v) is 9.99. The largest absolute Gasteiger partial charge is 0.349 e. The minimum absolute atomic E-state index is 0.0923. The molecule has 2 N–H and O–H groups in total. The van der Waals surface area contributed by atoms with E-state index in [1.807, 2.05) is 44.2 Å². The SMILES string of the molecule is CCn1c(SCC(=O)NC(C)c2ccccc2)nnc1-c1nonc1NC(C)=O. The monoisotopic (exact) mass is 415 g/mol. The minimum atomic E-state index is -0.302. The van der Waals surface area contributed by atoms with Crippen molar-refractivity contribution in [3.8, 4) is 11.5 Å². The van der Waals surface area contributed by atoms with E-state index in [0.29, 0.717) is 17.5 Å². The lowest BCUT2D eigenvalue weighted by molar-refractivity contribution is -0.119. The maximum Gasteiger partial charge on any atom is 0.230 e. The van der Waals surface area contributed by atoms with Crippen molar-refractivity contribution in [1.29, 1.82) is 0 Å². The summed E-state index contributed by atoms with van der Waals surface area (Å²) in [7, 11) is 0. The Morgan fingerprint density at radius 3 is 2.66 bits per heavy atom. The number of amides is 2. The highest BCUT2D eigenvalue weighted by atomic mass is 32.2. The van der Waals surface area contributed by atoms with Crippen LogP contribution in [0.25, 0.3) is 11.5 Å². The Morgan fingerprint density at radius 2 is 1.97 bits per heavy atom. The molecule has 0 bridgehead atoms. The summed E-state index contributed by atoms with van der Waals surface area (Å²) in [6.07, 6.45) is 0. The molecule has 3 aromatic rings. The highest BCUT2D eigenvalue weighted by molar-refractivity contribution is 7.99.